The third kappa shape index (κ3) is 3.63. The third-order valence-electron chi connectivity index (χ3n) is 4.50. The molecule has 0 aliphatic heterocycles. The largest absolute Gasteiger partial charge is 0.495 e. The van der Waals surface area contributed by atoms with Gasteiger partial charge in [-0.25, -0.2) is 0 Å². The molecule has 0 spiro atoms. The van der Waals surface area contributed by atoms with Crippen LogP contribution in [0.5, 0.6) is 5.75 Å². The molecule has 1 aromatic rings. The fraction of sp³-hybridized carbons (Fsp3) is 0.647. The number of hydrogen-bond acceptors (Lipinski definition) is 1. The molecular weight excluding hydrogens is 327 g/mol. The molecule has 0 heterocycles. The predicted molar refractivity (Wildman–Crippen MR) is 92.0 cm³/mol. The average Bonchev–Trinajstić information content (AvgIpc) is 2.89. The van der Waals surface area contributed by atoms with Crippen LogP contribution in [-0.2, 0) is 0 Å². The number of alkyl halides is 1. The van der Waals surface area contributed by atoms with Crippen molar-refractivity contribution in [3.05, 3.63) is 27.7 Å². The summed E-state index contributed by atoms with van der Waals surface area (Å²) >= 11 is 19.6. The van der Waals surface area contributed by atoms with E-state index in [1.54, 1.807) is 13.2 Å². The van der Waals surface area contributed by atoms with Gasteiger partial charge in [0.2, 0.25) is 0 Å². The van der Waals surface area contributed by atoms with Crippen molar-refractivity contribution in [3.8, 4) is 5.75 Å². The highest BCUT2D eigenvalue weighted by Crippen LogP contribution is 2.56. The van der Waals surface area contributed by atoms with Crippen LogP contribution in [0.1, 0.15) is 56.9 Å². The Labute approximate surface area is 142 Å². The first kappa shape index (κ1) is 17.2. The van der Waals surface area contributed by atoms with Gasteiger partial charge in [0.05, 0.1) is 17.5 Å². The molecule has 0 saturated heterocycles. The molecule has 4 heteroatoms. The summed E-state index contributed by atoms with van der Waals surface area (Å²) in [6.45, 7) is 4.51. The highest BCUT2D eigenvalue weighted by atomic mass is 35.5. The van der Waals surface area contributed by atoms with E-state index in [1.807, 2.05) is 6.07 Å². The topological polar surface area (TPSA) is 9.23 Å². The first-order valence-electron chi connectivity index (χ1n) is 7.56. The van der Waals surface area contributed by atoms with Crippen LogP contribution >= 0.6 is 34.8 Å². The minimum atomic E-state index is -0.0988. The summed E-state index contributed by atoms with van der Waals surface area (Å²) in [6, 6.07) is 3.65. The predicted octanol–water partition coefficient (Wildman–Crippen LogP) is 6.89. The van der Waals surface area contributed by atoms with Crippen molar-refractivity contribution in [1.82, 2.24) is 0 Å². The summed E-state index contributed by atoms with van der Waals surface area (Å²) in [5.41, 5.74) is 1.07. The van der Waals surface area contributed by atoms with Gasteiger partial charge in [-0.3, -0.25) is 0 Å². The van der Waals surface area contributed by atoms with Gasteiger partial charge in [0, 0.05) is 11.1 Å². The molecule has 0 N–H and O–H groups in total. The van der Waals surface area contributed by atoms with Gasteiger partial charge in [0.15, 0.2) is 0 Å². The average molecular weight is 350 g/mol. The van der Waals surface area contributed by atoms with Crippen LogP contribution in [-0.4, -0.2) is 7.11 Å². The Hall–Kier alpha value is -0.110. The summed E-state index contributed by atoms with van der Waals surface area (Å²) in [6.07, 6.45) is 5.95. The van der Waals surface area contributed by atoms with Crippen LogP contribution in [0, 0.1) is 11.3 Å². The molecule has 0 amide bonds. The Morgan fingerprint density at radius 2 is 1.76 bits per heavy atom. The molecule has 1 aromatic carbocycles. The van der Waals surface area contributed by atoms with Crippen LogP contribution in [0.3, 0.4) is 0 Å². The van der Waals surface area contributed by atoms with Gasteiger partial charge >= 0.3 is 0 Å². The monoisotopic (exact) mass is 348 g/mol. The van der Waals surface area contributed by atoms with Gasteiger partial charge in [-0.1, -0.05) is 49.9 Å². The number of rotatable bonds is 5. The minimum absolute atomic E-state index is 0.0988. The number of halogens is 3. The van der Waals surface area contributed by atoms with Crippen molar-refractivity contribution in [2.45, 2.75) is 51.3 Å². The zero-order valence-corrected chi connectivity index (χ0v) is 15.2. The number of methoxy groups -OCH3 is 1. The molecule has 1 atom stereocenters. The van der Waals surface area contributed by atoms with Crippen molar-refractivity contribution in [1.29, 1.82) is 0 Å². The highest BCUT2D eigenvalue weighted by molar-refractivity contribution is 6.35. The van der Waals surface area contributed by atoms with E-state index >= 15 is 0 Å². The quantitative estimate of drug-likeness (QED) is 0.526. The van der Waals surface area contributed by atoms with Crippen molar-refractivity contribution < 1.29 is 4.74 Å². The molecule has 2 rings (SSSR count). The van der Waals surface area contributed by atoms with Gasteiger partial charge < -0.3 is 4.74 Å². The van der Waals surface area contributed by atoms with Crippen molar-refractivity contribution in [3.63, 3.8) is 0 Å². The summed E-state index contributed by atoms with van der Waals surface area (Å²) in [5, 5.41) is 1.12. The van der Waals surface area contributed by atoms with E-state index in [4.69, 9.17) is 39.5 Å². The number of hydrogen-bond donors (Lipinski definition) is 0. The second-order valence-corrected chi connectivity index (χ2v) is 7.79. The lowest BCUT2D eigenvalue weighted by Crippen LogP contribution is -2.25. The van der Waals surface area contributed by atoms with Crippen LogP contribution in [0.15, 0.2) is 12.1 Å². The SMILES string of the molecule is COc1cc(Cl)c(C(Cl)C2(CC(C)C)CCCC2)cc1Cl. The second-order valence-electron chi connectivity index (χ2n) is 6.54. The molecule has 1 aliphatic rings. The lowest BCUT2D eigenvalue weighted by molar-refractivity contribution is 0.223. The molecule has 21 heavy (non-hydrogen) atoms. The standard InChI is InChI=1S/C17H23Cl3O/c1-11(2)10-17(6-4-5-7-17)16(20)12-8-14(19)15(21-3)9-13(12)18/h8-9,11,16H,4-7,10H2,1-3H3. The normalized spacial score (nSPS) is 19.0. The van der Waals surface area contributed by atoms with E-state index in [-0.39, 0.29) is 10.8 Å². The summed E-state index contributed by atoms with van der Waals surface area (Å²) in [4.78, 5) is 0. The number of benzene rings is 1. The van der Waals surface area contributed by atoms with Gasteiger partial charge in [-0.05, 0) is 42.2 Å². The van der Waals surface area contributed by atoms with E-state index in [2.05, 4.69) is 13.8 Å². The summed E-state index contributed by atoms with van der Waals surface area (Å²) in [7, 11) is 1.59. The van der Waals surface area contributed by atoms with Crippen molar-refractivity contribution in [2.24, 2.45) is 11.3 Å². The molecule has 1 nitrogen and oxygen atoms in total. The molecule has 1 saturated carbocycles. The van der Waals surface area contributed by atoms with Crippen LogP contribution in [0.25, 0.3) is 0 Å². The Balaban J connectivity index is 2.37. The maximum Gasteiger partial charge on any atom is 0.138 e. The maximum absolute atomic E-state index is 6.90. The molecule has 1 unspecified atom stereocenters. The Morgan fingerprint density at radius 3 is 2.29 bits per heavy atom. The second kappa shape index (κ2) is 6.98. The van der Waals surface area contributed by atoms with Gasteiger partial charge in [0.1, 0.15) is 5.75 Å². The zero-order valence-electron chi connectivity index (χ0n) is 12.9. The fourth-order valence-electron chi connectivity index (χ4n) is 3.68. The smallest absolute Gasteiger partial charge is 0.138 e. The van der Waals surface area contributed by atoms with Crippen LogP contribution < -0.4 is 4.74 Å². The van der Waals surface area contributed by atoms with E-state index in [0.717, 1.165) is 12.0 Å². The maximum atomic E-state index is 6.90. The molecular formula is C17H23Cl3O. The van der Waals surface area contributed by atoms with Crippen LogP contribution in [0.2, 0.25) is 10.0 Å². The lowest BCUT2D eigenvalue weighted by atomic mass is 9.73. The molecule has 1 fully saturated rings. The fourth-order valence-corrected chi connectivity index (χ4v) is 4.73. The number of ether oxygens (including phenoxy) is 1. The van der Waals surface area contributed by atoms with Gasteiger partial charge in [0.25, 0.3) is 0 Å². The Bertz CT molecular complexity index is 493. The molecule has 0 radical (unpaired) electrons. The van der Waals surface area contributed by atoms with E-state index in [0.29, 0.717) is 21.7 Å². The Morgan fingerprint density at radius 1 is 1.14 bits per heavy atom. The highest BCUT2D eigenvalue weighted by Gasteiger charge is 2.42. The lowest BCUT2D eigenvalue weighted by Gasteiger charge is -2.36. The first-order valence-corrected chi connectivity index (χ1v) is 8.76. The summed E-state index contributed by atoms with van der Waals surface area (Å²) in [5.74, 6) is 1.22. The molecule has 0 aromatic heterocycles. The zero-order chi connectivity index (χ0) is 15.6. The molecule has 118 valence electrons. The van der Waals surface area contributed by atoms with E-state index in [9.17, 15) is 0 Å². The Kier molecular flexibility index (Phi) is 5.73. The third-order valence-corrected chi connectivity index (χ3v) is 5.82. The first-order chi connectivity index (χ1) is 9.89. The van der Waals surface area contributed by atoms with Crippen LogP contribution in [0.4, 0.5) is 0 Å². The van der Waals surface area contributed by atoms with E-state index < -0.39 is 0 Å². The molecule has 0 bridgehead atoms. The minimum Gasteiger partial charge on any atom is -0.495 e. The van der Waals surface area contributed by atoms with Gasteiger partial charge in [-0.15, -0.1) is 11.6 Å². The summed E-state index contributed by atoms with van der Waals surface area (Å²) < 4.78 is 5.22. The molecule has 1 aliphatic carbocycles. The van der Waals surface area contributed by atoms with Crippen molar-refractivity contribution in [2.75, 3.05) is 7.11 Å². The van der Waals surface area contributed by atoms with E-state index in [1.165, 1.54) is 25.7 Å². The van der Waals surface area contributed by atoms with Gasteiger partial charge in [-0.2, -0.15) is 0 Å². The van der Waals surface area contributed by atoms with Crippen molar-refractivity contribution >= 4 is 34.8 Å².